The van der Waals surface area contributed by atoms with Crippen molar-refractivity contribution in [1.29, 1.82) is 0 Å². The first-order chi connectivity index (χ1) is 11.3. The molecule has 0 atom stereocenters. The number of hydrogen-bond donors (Lipinski definition) is 2. The molecule has 5 heteroatoms. The Hall–Kier alpha value is -1.78. The zero-order chi connectivity index (χ0) is 16.1. The summed E-state index contributed by atoms with van der Waals surface area (Å²) in [5, 5.41) is 7.72. The van der Waals surface area contributed by atoms with Gasteiger partial charge >= 0.3 is 0 Å². The van der Waals surface area contributed by atoms with E-state index in [0.29, 0.717) is 19.0 Å². The predicted octanol–water partition coefficient (Wildman–Crippen LogP) is 3.43. The second-order valence-corrected chi connectivity index (χ2v) is 6.01. The molecule has 0 aliphatic carbocycles. The van der Waals surface area contributed by atoms with Crippen molar-refractivity contribution in [2.45, 2.75) is 26.3 Å². The highest BCUT2D eigenvalue weighted by molar-refractivity contribution is 6.33. The Labute approximate surface area is 142 Å². The molecule has 3 rings (SSSR count). The number of benzene rings is 1. The van der Waals surface area contributed by atoms with Gasteiger partial charge in [0.1, 0.15) is 0 Å². The van der Waals surface area contributed by atoms with Crippen molar-refractivity contribution < 1.29 is 4.74 Å². The molecule has 0 bridgehead atoms. The van der Waals surface area contributed by atoms with E-state index in [2.05, 4.69) is 21.7 Å². The topological polar surface area (TPSA) is 46.2 Å². The Morgan fingerprint density at radius 2 is 2.09 bits per heavy atom. The lowest BCUT2D eigenvalue weighted by Gasteiger charge is -2.16. The first-order valence-electron chi connectivity index (χ1n) is 8.10. The zero-order valence-electron chi connectivity index (χ0n) is 13.4. The van der Waals surface area contributed by atoms with Crippen LogP contribution in [0.3, 0.4) is 0 Å². The third-order valence-electron chi connectivity index (χ3n) is 4.04. The zero-order valence-corrected chi connectivity index (χ0v) is 14.1. The van der Waals surface area contributed by atoms with E-state index in [4.69, 9.17) is 16.3 Å². The van der Waals surface area contributed by atoms with Gasteiger partial charge in [-0.1, -0.05) is 23.7 Å². The van der Waals surface area contributed by atoms with E-state index in [1.165, 1.54) is 11.1 Å². The first-order valence-corrected chi connectivity index (χ1v) is 8.48. The molecule has 2 heterocycles. The van der Waals surface area contributed by atoms with Crippen molar-refractivity contribution in [3.63, 3.8) is 0 Å². The number of anilines is 1. The summed E-state index contributed by atoms with van der Waals surface area (Å²) in [6.45, 7) is 5.30. The van der Waals surface area contributed by atoms with Crippen molar-refractivity contribution in [3.8, 4) is 5.88 Å². The summed E-state index contributed by atoms with van der Waals surface area (Å²) in [6.07, 6.45) is 3.89. The standard InChI is InChI=1S/C18H22ClN3O/c1-2-23-17-6-3-13(11-21-17)12-22-18-15-8-10-20-9-7-14(15)4-5-16(18)19/h3-6,11,20,22H,2,7-10,12H2,1H3. The Morgan fingerprint density at radius 3 is 2.87 bits per heavy atom. The van der Waals surface area contributed by atoms with Gasteiger partial charge < -0.3 is 15.4 Å². The Balaban J connectivity index is 1.75. The molecule has 1 aromatic carbocycles. The molecule has 0 saturated heterocycles. The van der Waals surface area contributed by atoms with Gasteiger partial charge in [-0.15, -0.1) is 0 Å². The van der Waals surface area contributed by atoms with Gasteiger partial charge in [-0.25, -0.2) is 4.98 Å². The molecule has 4 nitrogen and oxygen atoms in total. The minimum absolute atomic E-state index is 0.629. The van der Waals surface area contributed by atoms with E-state index in [0.717, 1.165) is 42.2 Å². The van der Waals surface area contributed by atoms with Crippen LogP contribution in [0.5, 0.6) is 5.88 Å². The maximum absolute atomic E-state index is 6.43. The minimum Gasteiger partial charge on any atom is -0.478 e. The van der Waals surface area contributed by atoms with Gasteiger partial charge in [-0.3, -0.25) is 0 Å². The fourth-order valence-corrected chi connectivity index (χ4v) is 3.12. The largest absolute Gasteiger partial charge is 0.478 e. The Kier molecular flexibility index (Phi) is 5.36. The summed E-state index contributed by atoms with van der Waals surface area (Å²) in [4.78, 5) is 4.30. The summed E-state index contributed by atoms with van der Waals surface area (Å²) < 4.78 is 5.37. The van der Waals surface area contributed by atoms with Crippen molar-refractivity contribution >= 4 is 17.3 Å². The van der Waals surface area contributed by atoms with Crippen molar-refractivity contribution in [2.24, 2.45) is 0 Å². The number of ether oxygens (including phenoxy) is 1. The van der Waals surface area contributed by atoms with Crippen LogP contribution in [-0.2, 0) is 19.4 Å². The van der Waals surface area contributed by atoms with E-state index in [-0.39, 0.29) is 0 Å². The van der Waals surface area contributed by atoms with Crippen LogP contribution in [0.15, 0.2) is 30.5 Å². The van der Waals surface area contributed by atoms with Crippen LogP contribution in [0.25, 0.3) is 0 Å². The van der Waals surface area contributed by atoms with Gasteiger partial charge in [0.2, 0.25) is 5.88 Å². The van der Waals surface area contributed by atoms with Gasteiger partial charge in [0, 0.05) is 18.8 Å². The summed E-state index contributed by atoms with van der Waals surface area (Å²) in [5.41, 5.74) is 4.88. The molecule has 0 amide bonds. The van der Waals surface area contributed by atoms with Gasteiger partial charge in [0.05, 0.1) is 17.3 Å². The summed E-state index contributed by atoms with van der Waals surface area (Å²) >= 11 is 6.43. The highest BCUT2D eigenvalue weighted by Gasteiger charge is 2.14. The molecule has 1 aliphatic rings. The van der Waals surface area contributed by atoms with Crippen molar-refractivity contribution in [2.75, 3.05) is 25.0 Å². The number of fused-ring (bicyclic) bond motifs is 1. The number of nitrogens with one attached hydrogen (secondary N) is 2. The Bertz CT molecular complexity index is 658. The molecule has 0 radical (unpaired) electrons. The van der Waals surface area contributed by atoms with Crippen LogP contribution in [0, 0.1) is 0 Å². The quantitative estimate of drug-likeness (QED) is 0.881. The van der Waals surface area contributed by atoms with Crippen LogP contribution in [0.4, 0.5) is 5.69 Å². The molecule has 23 heavy (non-hydrogen) atoms. The van der Waals surface area contributed by atoms with Gasteiger partial charge in [-0.05, 0) is 55.6 Å². The van der Waals surface area contributed by atoms with Crippen LogP contribution in [-0.4, -0.2) is 24.7 Å². The van der Waals surface area contributed by atoms with Crippen LogP contribution in [0.1, 0.15) is 23.6 Å². The molecular weight excluding hydrogens is 310 g/mol. The average Bonchev–Trinajstić information content (AvgIpc) is 2.81. The number of pyridine rings is 1. The molecule has 0 unspecified atom stereocenters. The van der Waals surface area contributed by atoms with Gasteiger partial charge in [0.25, 0.3) is 0 Å². The summed E-state index contributed by atoms with van der Waals surface area (Å²) in [5.74, 6) is 0.661. The highest BCUT2D eigenvalue weighted by Crippen LogP contribution is 2.31. The fourth-order valence-electron chi connectivity index (χ4n) is 2.87. The molecule has 0 fully saturated rings. The average molecular weight is 332 g/mol. The third kappa shape index (κ3) is 3.95. The van der Waals surface area contributed by atoms with E-state index < -0.39 is 0 Å². The van der Waals surface area contributed by atoms with Gasteiger partial charge in [0.15, 0.2) is 0 Å². The van der Waals surface area contributed by atoms with E-state index in [1.807, 2.05) is 31.3 Å². The molecule has 0 saturated carbocycles. The van der Waals surface area contributed by atoms with E-state index >= 15 is 0 Å². The smallest absolute Gasteiger partial charge is 0.213 e. The number of halogens is 1. The molecule has 0 spiro atoms. The monoisotopic (exact) mass is 331 g/mol. The maximum atomic E-state index is 6.43. The normalized spacial score (nSPS) is 14.0. The second kappa shape index (κ2) is 7.66. The SMILES string of the molecule is CCOc1ccc(CNc2c(Cl)ccc3c2CCNCC3)cn1. The predicted molar refractivity (Wildman–Crippen MR) is 94.5 cm³/mol. The molecule has 2 aromatic rings. The molecule has 1 aliphatic heterocycles. The lowest BCUT2D eigenvalue weighted by atomic mass is 10.0. The number of rotatable bonds is 5. The summed E-state index contributed by atoms with van der Waals surface area (Å²) in [7, 11) is 0. The fraction of sp³-hybridized carbons (Fsp3) is 0.389. The van der Waals surface area contributed by atoms with Crippen LogP contribution >= 0.6 is 11.6 Å². The van der Waals surface area contributed by atoms with Crippen LogP contribution in [0.2, 0.25) is 5.02 Å². The van der Waals surface area contributed by atoms with Crippen LogP contribution < -0.4 is 15.4 Å². The molecule has 122 valence electrons. The maximum Gasteiger partial charge on any atom is 0.213 e. The van der Waals surface area contributed by atoms with Crippen molar-refractivity contribution in [3.05, 3.63) is 52.2 Å². The minimum atomic E-state index is 0.629. The van der Waals surface area contributed by atoms with E-state index in [9.17, 15) is 0 Å². The lowest BCUT2D eigenvalue weighted by molar-refractivity contribution is 0.326. The van der Waals surface area contributed by atoms with Crippen molar-refractivity contribution in [1.82, 2.24) is 10.3 Å². The second-order valence-electron chi connectivity index (χ2n) is 5.60. The molecular formula is C18H22ClN3O. The number of nitrogens with zero attached hydrogens (tertiary/aromatic N) is 1. The number of aromatic nitrogens is 1. The lowest BCUT2D eigenvalue weighted by Crippen LogP contribution is -2.16. The van der Waals surface area contributed by atoms with E-state index in [1.54, 1.807) is 0 Å². The van der Waals surface area contributed by atoms with Gasteiger partial charge in [-0.2, -0.15) is 0 Å². The molecule has 2 N–H and O–H groups in total. The Morgan fingerprint density at radius 1 is 1.22 bits per heavy atom. The molecule has 1 aromatic heterocycles. The summed E-state index contributed by atoms with van der Waals surface area (Å²) in [6, 6.07) is 8.07. The first kappa shape index (κ1) is 16.1. The third-order valence-corrected chi connectivity index (χ3v) is 4.36. The number of hydrogen-bond acceptors (Lipinski definition) is 4. The highest BCUT2D eigenvalue weighted by atomic mass is 35.5.